The van der Waals surface area contributed by atoms with Crippen molar-refractivity contribution in [3.8, 4) is 11.8 Å². The highest BCUT2D eigenvalue weighted by molar-refractivity contribution is 6.30. The first-order chi connectivity index (χ1) is 10.2. The number of para-hydroxylation sites is 1. The van der Waals surface area contributed by atoms with E-state index < -0.39 is 0 Å². The second-order valence-electron chi connectivity index (χ2n) is 4.28. The van der Waals surface area contributed by atoms with Gasteiger partial charge in [-0.1, -0.05) is 35.9 Å². The minimum atomic E-state index is 0.0911. The molecular weight excluding hydrogens is 286 g/mol. The predicted molar refractivity (Wildman–Crippen MR) is 82.4 cm³/mol. The molecule has 0 unspecified atom stereocenters. The van der Waals surface area contributed by atoms with E-state index in [1.54, 1.807) is 42.5 Å². The van der Waals surface area contributed by atoms with E-state index in [9.17, 15) is 4.79 Å². The van der Waals surface area contributed by atoms with Gasteiger partial charge in [-0.15, -0.1) is 0 Å². The van der Waals surface area contributed by atoms with Gasteiger partial charge in [-0.25, -0.2) is 0 Å². The van der Waals surface area contributed by atoms with E-state index in [0.29, 0.717) is 21.9 Å². The summed E-state index contributed by atoms with van der Waals surface area (Å²) in [5.74, 6) is 0.458. The average molecular weight is 298 g/mol. The van der Waals surface area contributed by atoms with E-state index in [2.05, 4.69) is 6.07 Å². The summed E-state index contributed by atoms with van der Waals surface area (Å²) < 4.78 is 5.53. The first-order valence-corrected chi connectivity index (χ1v) is 6.64. The van der Waals surface area contributed by atoms with Gasteiger partial charge in [0.2, 0.25) is 0 Å². The molecule has 0 N–H and O–H groups in total. The van der Waals surface area contributed by atoms with Gasteiger partial charge in [0.25, 0.3) is 0 Å². The summed E-state index contributed by atoms with van der Waals surface area (Å²) in [7, 11) is 0. The van der Waals surface area contributed by atoms with Crippen LogP contribution in [0.15, 0.2) is 54.1 Å². The lowest BCUT2D eigenvalue weighted by atomic mass is 10.1. The van der Waals surface area contributed by atoms with Gasteiger partial charge in [-0.3, -0.25) is 4.79 Å². The third-order valence-corrected chi connectivity index (χ3v) is 3.00. The van der Waals surface area contributed by atoms with Crippen molar-refractivity contribution in [3.05, 3.63) is 70.3 Å². The van der Waals surface area contributed by atoms with E-state index in [1.807, 2.05) is 12.1 Å². The molecule has 2 aromatic rings. The third-order valence-electron chi connectivity index (χ3n) is 2.76. The Morgan fingerprint density at radius 1 is 1.24 bits per heavy atom. The molecule has 104 valence electrons. The lowest BCUT2D eigenvalue weighted by Gasteiger charge is -2.07. The van der Waals surface area contributed by atoms with E-state index in [0.717, 1.165) is 11.8 Å². The number of benzene rings is 2. The van der Waals surface area contributed by atoms with Gasteiger partial charge in [-0.2, -0.15) is 5.26 Å². The number of carbonyl (C=O) groups is 1. The normalized spacial score (nSPS) is 10.8. The molecule has 4 heteroatoms. The number of carbonyl (C=O) groups excluding carboxylic acids is 1. The van der Waals surface area contributed by atoms with Crippen LogP contribution in [0.3, 0.4) is 0 Å². The predicted octanol–water partition coefficient (Wildman–Crippen LogP) is 4.14. The molecule has 2 rings (SSSR count). The zero-order valence-electron chi connectivity index (χ0n) is 11.1. The Morgan fingerprint density at radius 2 is 2.05 bits per heavy atom. The topological polar surface area (TPSA) is 50.1 Å². The van der Waals surface area contributed by atoms with Crippen LogP contribution < -0.4 is 4.74 Å². The van der Waals surface area contributed by atoms with Crippen molar-refractivity contribution in [1.82, 2.24) is 0 Å². The minimum absolute atomic E-state index is 0.0911. The van der Waals surface area contributed by atoms with Gasteiger partial charge >= 0.3 is 0 Å². The van der Waals surface area contributed by atoms with Gasteiger partial charge in [0.05, 0.1) is 17.2 Å². The van der Waals surface area contributed by atoms with E-state index in [-0.39, 0.29) is 6.61 Å². The van der Waals surface area contributed by atoms with E-state index in [1.165, 1.54) is 0 Å². The maximum absolute atomic E-state index is 10.9. The number of hydrogen-bond acceptors (Lipinski definition) is 3. The Morgan fingerprint density at radius 3 is 2.76 bits per heavy atom. The van der Waals surface area contributed by atoms with Crippen molar-refractivity contribution >= 4 is 24.0 Å². The fourth-order valence-corrected chi connectivity index (χ4v) is 1.97. The Bertz CT molecular complexity index is 717. The Hall–Kier alpha value is -2.57. The molecule has 0 amide bonds. The van der Waals surface area contributed by atoms with E-state index >= 15 is 0 Å². The van der Waals surface area contributed by atoms with Gasteiger partial charge in [-0.05, 0) is 35.9 Å². The van der Waals surface area contributed by atoms with Crippen LogP contribution >= 0.6 is 11.6 Å². The Balaban J connectivity index is 2.13. The van der Waals surface area contributed by atoms with Crippen LogP contribution in [0.5, 0.6) is 5.75 Å². The summed E-state index contributed by atoms with van der Waals surface area (Å²) in [6.07, 6.45) is 2.43. The van der Waals surface area contributed by atoms with Crippen molar-refractivity contribution in [2.24, 2.45) is 0 Å². The first-order valence-electron chi connectivity index (χ1n) is 6.26. The molecule has 0 saturated heterocycles. The quantitative estimate of drug-likeness (QED) is 0.615. The van der Waals surface area contributed by atoms with Crippen LogP contribution in [0.1, 0.15) is 15.9 Å². The lowest BCUT2D eigenvalue weighted by molar-refractivity contribution is 0.112. The molecule has 0 aliphatic carbocycles. The number of rotatable bonds is 5. The van der Waals surface area contributed by atoms with Crippen LogP contribution in [0.25, 0.3) is 6.08 Å². The summed E-state index contributed by atoms with van der Waals surface area (Å²) in [5.41, 5.74) is 1.72. The highest BCUT2D eigenvalue weighted by Gasteiger charge is 2.04. The SMILES string of the molecule is N#C/C(=C\c1cccc(Cl)c1)COc1ccccc1C=O. The molecule has 0 atom stereocenters. The second kappa shape index (κ2) is 7.28. The Kier molecular flexibility index (Phi) is 5.14. The van der Waals surface area contributed by atoms with Gasteiger partial charge in [0.1, 0.15) is 12.4 Å². The van der Waals surface area contributed by atoms with Crippen molar-refractivity contribution in [3.63, 3.8) is 0 Å². The molecule has 3 nitrogen and oxygen atoms in total. The molecule has 0 spiro atoms. The summed E-state index contributed by atoms with van der Waals surface area (Å²) in [6, 6.07) is 16.2. The number of hydrogen-bond donors (Lipinski definition) is 0. The third kappa shape index (κ3) is 4.20. The molecule has 2 aromatic carbocycles. The molecule has 0 heterocycles. The fraction of sp³-hybridized carbons (Fsp3) is 0.0588. The van der Waals surface area contributed by atoms with Crippen molar-refractivity contribution in [2.45, 2.75) is 0 Å². The summed E-state index contributed by atoms with van der Waals surface area (Å²) in [6.45, 7) is 0.0911. The summed E-state index contributed by atoms with van der Waals surface area (Å²) in [5, 5.41) is 9.77. The molecule has 0 fully saturated rings. The van der Waals surface area contributed by atoms with Crippen molar-refractivity contribution in [2.75, 3.05) is 6.61 Å². The lowest BCUT2D eigenvalue weighted by Crippen LogP contribution is -2.02. The molecular formula is C17H12ClNO2. The standard InChI is InChI=1S/C17H12ClNO2/c18-16-6-3-4-13(9-16)8-14(10-19)12-21-17-7-2-1-5-15(17)11-20/h1-9,11H,12H2/b14-8+. The minimum Gasteiger partial charge on any atom is -0.487 e. The molecule has 21 heavy (non-hydrogen) atoms. The maximum atomic E-state index is 10.9. The molecule has 0 saturated carbocycles. The molecule has 0 aliphatic rings. The van der Waals surface area contributed by atoms with Crippen LogP contribution in [0, 0.1) is 11.3 Å². The summed E-state index contributed by atoms with van der Waals surface area (Å²) >= 11 is 5.90. The number of nitrogens with zero attached hydrogens (tertiary/aromatic N) is 1. The smallest absolute Gasteiger partial charge is 0.153 e. The van der Waals surface area contributed by atoms with Gasteiger partial charge in [0, 0.05) is 5.02 Å². The molecule has 0 radical (unpaired) electrons. The largest absolute Gasteiger partial charge is 0.487 e. The van der Waals surface area contributed by atoms with Crippen LogP contribution in [0.2, 0.25) is 5.02 Å². The van der Waals surface area contributed by atoms with E-state index in [4.69, 9.17) is 21.6 Å². The average Bonchev–Trinajstić information content (AvgIpc) is 2.51. The van der Waals surface area contributed by atoms with Gasteiger partial charge in [0.15, 0.2) is 6.29 Å². The second-order valence-corrected chi connectivity index (χ2v) is 4.72. The van der Waals surface area contributed by atoms with Gasteiger partial charge < -0.3 is 4.74 Å². The van der Waals surface area contributed by atoms with Crippen LogP contribution in [-0.2, 0) is 0 Å². The molecule has 0 aromatic heterocycles. The highest BCUT2D eigenvalue weighted by atomic mass is 35.5. The number of nitriles is 1. The summed E-state index contributed by atoms with van der Waals surface area (Å²) in [4.78, 5) is 10.9. The number of halogens is 1. The maximum Gasteiger partial charge on any atom is 0.153 e. The zero-order chi connectivity index (χ0) is 15.1. The Labute approximate surface area is 128 Å². The highest BCUT2D eigenvalue weighted by Crippen LogP contribution is 2.18. The molecule has 0 bridgehead atoms. The van der Waals surface area contributed by atoms with Crippen molar-refractivity contribution in [1.29, 1.82) is 5.26 Å². The van der Waals surface area contributed by atoms with Crippen molar-refractivity contribution < 1.29 is 9.53 Å². The fourth-order valence-electron chi connectivity index (χ4n) is 1.77. The van der Waals surface area contributed by atoms with Crippen LogP contribution in [-0.4, -0.2) is 12.9 Å². The monoisotopic (exact) mass is 297 g/mol. The first kappa shape index (κ1) is 14.8. The molecule has 0 aliphatic heterocycles. The zero-order valence-corrected chi connectivity index (χ0v) is 11.9. The number of aldehydes is 1. The van der Waals surface area contributed by atoms with Crippen LogP contribution in [0.4, 0.5) is 0 Å². The number of ether oxygens (including phenoxy) is 1.